The molecule has 1 aliphatic rings. The largest absolute Gasteiger partial charge is 0.327 e. The van der Waals surface area contributed by atoms with Gasteiger partial charge in [0.1, 0.15) is 0 Å². The topological polar surface area (TPSA) is 55.0 Å². The van der Waals surface area contributed by atoms with E-state index in [1.807, 2.05) is 6.20 Å². The number of nitrogens with zero attached hydrogens (tertiary/aromatic N) is 3. The zero-order valence-corrected chi connectivity index (χ0v) is 10.7. The van der Waals surface area contributed by atoms with E-state index in [1.54, 1.807) is 12.4 Å². The van der Waals surface area contributed by atoms with E-state index in [4.69, 9.17) is 5.73 Å². The molecule has 1 aromatic rings. The first kappa shape index (κ1) is 12.5. The number of hydrogen-bond donors (Lipinski definition) is 1. The highest BCUT2D eigenvalue weighted by Gasteiger charge is 2.28. The zero-order valence-electron chi connectivity index (χ0n) is 10.7. The molecule has 0 aromatic carbocycles. The second-order valence-electron chi connectivity index (χ2n) is 4.92. The van der Waals surface area contributed by atoms with Gasteiger partial charge in [-0.25, -0.2) is 0 Å². The number of nitrogens with two attached hydrogens (primary N) is 1. The fourth-order valence-corrected chi connectivity index (χ4v) is 2.58. The second-order valence-corrected chi connectivity index (χ2v) is 4.92. The highest BCUT2D eigenvalue weighted by Crippen LogP contribution is 2.26. The first-order valence-corrected chi connectivity index (χ1v) is 6.48. The third kappa shape index (κ3) is 2.82. The van der Waals surface area contributed by atoms with E-state index in [2.05, 4.69) is 28.7 Å². The molecule has 0 bridgehead atoms. The van der Waals surface area contributed by atoms with E-state index in [1.165, 1.54) is 0 Å². The molecule has 3 unspecified atom stereocenters. The van der Waals surface area contributed by atoms with Crippen molar-refractivity contribution in [3.8, 4) is 0 Å². The van der Waals surface area contributed by atoms with Gasteiger partial charge in [-0.2, -0.15) is 0 Å². The third-order valence-corrected chi connectivity index (χ3v) is 3.91. The third-order valence-electron chi connectivity index (χ3n) is 3.91. The Bertz CT molecular complexity index is 341. The van der Waals surface area contributed by atoms with E-state index in [0.29, 0.717) is 18.0 Å². The lowest BCUT2D eigenvalue weighted by molar-refractivity contribution is 0.112. The minimum absolute atomic E-state index is 0.338. The smallest absolute Gasteiger partial charge is 0.0755 e. The van der Waals surface area contributed by atoms with Crippen LogP contribution in [-0.4, -0.2) is 34.0 Å². The van der Waals surface area contributed by atoms with Crippen molar-refractivity contribution in [2.45, 2.75) is 38.8 Å². The fourth-order valence-electron chi connectivity index (χ4n) is 2.58. The maximum absolute atomic E-state index is 6.14. The van der Waals surface area contributed by atoms with Crippen LogP contribution in [0.5, 0.6) is 0 Å². The summed E-state index contributed by atoms with van der Waals surface area (Å²) in [6.07, 6.45) is 7.59. The van der Waals surface area contributed by atoms with Gasteiger partial charge in [0.25, 0.3) is 0 Å². The predicted molar refractivity (Wildman–Crippen MR) is 68.4 cm³/mol. The molecule has 1 aliphatic heterocycles. The molecule has 0 amide bonds. The lowest BCUT2D eigenvalue weighted by atomic mass is 9.90. The van der Waals surface area contributed by atoms with Crippen LogP contribution in [-0.2, 0) is 0 Å². The van der Waals surface area contributed by atoms with Crippen LogP contribution in [0.2, 0.25) is 0 Å². The molecule has 2 rings (SSSR count). The highest BCUT2D eigenvalue weighted by atomic mass is 15.2. The Morgan fingerprint density at radius 3 is 3.00 bits per heavy atom. The van der Waals surface area contributed by atoms with Crippen LogP contribution < -0.4 is 5.73 Å². The summed E-state index contributed by atoms with van der Waals surface area (Å²) in [4.78, 5) is 11.0. The van der Waals surface area contributed by atoms with Gasteiger partial charge in [0.05, 0.1) is 11.7 Å². The average molecular weight is 234 g/mol. The minimum Gasteiger partial charge on any atom is -0.327 e. The Morgan fingerprint density at radius 2 is 2.35 bits per heavy atom. The van der Waals surface area contributed by atoms with Gasteiger partial charge < -0.3 is 5.73 Å². The van der Waals surface area contributed by atoms with Crippen molar-refractivity contribution in [1.29, 1.82) is 0 Å². The van der Waals surface area contributed by atoms with Gasteiger partial charge in [0, 0.05) is 37.7 Å². The summed E-state index contributed by atoms with van der Waals surface area (Å²) in [6.45, 7) is 6.57. The second kappa shape index (κ2) is 5.56. The normalized spacial score (nSPS) is 27.9. The molecule has 1 aromatic heterocycles. The van der Waals surface area contributed by atoms with Crippen molar-refractivity contribution in [2.24, 2.45) is 11.7 Å². The van der Waals surface area contributed by atoms with Crippen LogP contribution >= 0.6 is 0 Å². The van der Waals surface area contributed by atoms with E-state index in [-0.39, 0.29) is 0 Å². The molecule has 1 saturated heterocycles. The fraction of sp³-hybridized carbons (Fsp3) is 0.692. The number of piperidine rings is 1. The predicted octanol–water partition coefficient (Wildman–Crippen LogP) is 1.60. The first-order chi connectivity index (χ1) is 8.22. The van der Waals surface area contributed by atoms with E-state index in [0.717, 1.165) is 31.6 Å². The standard InChI is InChI=1S/C13H22N4/c1-3-11-9-17(7-4-12(11)14)10(2)13-8-15-5-6-16-13/h5-6,8,10-12H,3-4,7,9,14H2,1-2H3. The summed E-state index contributed by atoms with van der Waals surface area (Å²) in [5.41, 5.74) is 7.19. The van der Waals surface area contributed by atoms with Crippen molar-refractivity contribution in [2.75, 3.05) is 13.1 Å². The summed E-state index contributed by atoms with van der Waals surface area (Å²) in [5, 5.41) is 0. The van der Waals surface area contributed by atoms with Gasteiger partial charge in [-0.05, 0) is 19.3 Å². The minimum atomic E-state index is 0.338. The summed E-state index contributed by atoms with van der Waals surface area (Å²) in [5.74, 6) is 0.614. The number of rotatable bonds is 3. The maximum atomic E-state index is 6.14. The number of hydrogen-bond acceptors (Lipinski definition) is 4. The Hall–Kier alpha value is -1.00. The molecule has 17 heavy (non-hydrogen) atoms. The Balaban J connectivity index is 2.03. The Morgan fingerprint density at radius 1 is 1.53 bits per heavy atom. The van der Waals surface area contributed by atoms with Gasteiger partial charge in [-0.1, -0.05) is 13.3 Å². The summed E-state index contributed by atoms with van der Waals surface area (Å²) in [6, 6.07) is 0.704. The molecule has 4 heteroatoms. The van der Waals surface area contributed by atoms with Crippen molar-refractivity contribution < 1.29 is 0 Å². The molecule has 2 heterocycles. The molecule has 0 saturated carbocycles. The molecular weight excluding hydrogens is 212 g/mol. The molecule has 1 fully saturated rings. The molecule has 4 nitrogen and oxygen atoms in total. The van der Waals surface area contributed by atoms with Crippen LogP contribution in [0, 0.1) is 5.92 Å². The summed E-state index contributed by atoms with van der Waals surface area (Å²) >= 11 is 0. The summed E-state index contributed by atoms with van der Waals surface area (Å²) < 4.78 is 0. The van der Waals surface area contributed by atoms with Crippen molar-refractivity contribution in [3.05, 3.63) is 24.3 Å². The Kier molecular flexibility index (Phi) is 4.07. The van der Waals surface area contributed by atoms with Crippen molar-refractivity contribution in [3.63, 3.8) is 0 Å². The Labute approximate surface area is 103 Å². The van der Waals surface area contributed by atoms with Gasteiger partial charge in [0.15, 0.2) is 0 Å². The molecule has 2 N–H and O–H groups in total. The van der Waals surface area contributed by atoms with E-state index in [9.17, 15) is 0 Å². The molecule has 3 atom stereocenters. The van der Waals surface area contributed by atoms with Crippen LogP contribution in [0.15, 0.2) is 18.6 Å². The van der Waals surface area contributed by atoms with Crippen LogP contribution in [0.25, 0.3) is 0 Å². The lowest BCUT2D eigenvalue weighted by Gasteiger charge is -2.39. The van der Waals surface area contributed by atoms with Crippen molar-refractivity contribution in [1.82, 2.24) is 14.9 Å². The lowest BCUT2D eigenvalue weighted by Crippen LogP contribution is -2.47. The number of likely N-dealkylation sites (tertiary alicyclic amines) is 1. The molecule has 0 aliphatic carbocycles. The van der Waals surface area contributed by atoms with Crippen LogP contribution in [0.4, 0.5) is 0 Å². The van der Waals surface area contributed by atoms with Gasteiger partial charge in [0.2, 0.25) is 0 Å². The SMILES string of the molecule is CCC1CN(C(C)c2cnccn2)CCC1N. The van der Waals surface area contributed by atoms with E-state index >= 15 is 0 Å². The molecular formula is C13H22N4. The average Bonchev–Trinajstić information content (AvgIpc) is 2.39. The summed E-state index contributed by atoms with van der Waals surface area (Å²) in [7, 11) is 0. The van der Waals surface area contributed by atoms with Gasteiger partial charge in [-0.3, -0.25) is 14.9 Å². The van der Waals surface area contributed by atoms with E-state index < -0.39 is 0 Å². The van der Waals surface area contributed by atoms with Crippen LogP contribution in [0.1, 0.15) is 38.4 Å². The first-order valence-electron chi connectivity index (χ1n) is 6.48. The number of aromatic nitrogens is 2. The van der Waals surface area contributed by atoms with Crippen molar-refractivity contribution >= 4 is 0 Å². The molecule has 0 spiro atoms. The quantitative estimate of drug-likeness (QED) is 0.863. The molecule has 0 radical (unpaired) electrons. The van der Waals surface area contributed by atoms with Gasteiger partial charge in [-0.15, -0.1) is 0 Å². The van der Waals surface area contributed by atoms with Gasteiger partial charge >= 0.3 is 0 Å². The monoisotopic (exact) mass is 234 g/mol. The van der Waals surface area contributed by atoms with Crippen LogP contribution in [0.3, 0.4) is 0 Å². The highest BCUT2D eigenvalue weighted by molar-refractivity contribution is 5.02. The zero-order chi connectivity index (χ0) is 12.3. The molecule has 94 valence electrons. The maximum Gasteiger partial charge on any atom is 0.0755 e.